The molecule has 0 fully saturated rings. The molecule has 0 unspecified atom stereocenters. The molecule has 1 aromatic carbocycles. The summed E-state index contributed by atoms with van der Waals surface area (Å²) < 4.78 is 0. The third-order valence-electron chi connectivity index (χ3n) is 2.78. The van der Waals surface area contributed by atoms with E-state index in [1.54, 1.807) is 38.1 Å². The number of aryl methyl sites for hydroxylation is 1. The SMILES string of the molecule is CC(C)(CCc1ccc(O)cc1)C(=O)C(=O)O. The van der Waals surface area contributed by atoms with Gasteiger partial charge in [-0.2, -0.15) is 0 Å². The van der Waals surface area contributed by atoms with Crippen LogP contribution in [0, 0.1) is 5.41 Å². The fourth-order valence-electron chi connectivity index (χ4n) is 1.52. The topological polar surface area (TPSA) is 74.6 Å². The molecule has 1 aromatic rings. The lowest BCUT2D eigenvalue weighted by molar-refractivity contribution is -0.153. The first kappa shape index (κ1) is 13.2. The molecule has 0 spiro atoms. The smallest absolute Gasteiger partial charge is 0.372 e. The van der Waals surface area contributed by atoms with E-state index in [4.69, 9.17) is 10.2 Å². The Labute approximate surface area is 99.9 Å². The standard InChI is InChI=1S/C13H16O4/c1-13(2,11(15)12(16)17)8-7-9-3-5-10(14)6-4-9/h3-6,14H,7-8H2,1-2H3,(H,16,17). The lowest BCUT2D eigenvalue weighted by atomic mass is 9.82. The van der Waals surface area contributed by atoms with Gasteiger partial charge in [0.15, 0.2) is 0 Å². The number of aliphatic carboxylic acids is 1. The Bertz CT molecular complexity index is 418. The molecule has 0 aliphatic heterocycles. The molecule has 1 rings (SSSR count). The molecule has 0 aliphatic carbocycles. The molecule has 0 amide bonds. The number of hydrogen-bond donors (Lipinski definition) is 2. The zero-order valence-corrected chi connectivity index (χ0v) is 9.93. The summed E-state index contributed by atoms with van der Waals surface area (Å²) in [7, 11) is 0. The Morgan fingerprint density at radius 1 is 1.18 bits per heavy atom. The number of ketones is 1. The van der Waals surface area contributed by atoms with E-state index in [1.165, 1.54) is 0 Å². The van der Waals surface area contributed by atoms with Crippen LogP contribution in [0.25, 0.3) is 0 Å². The van der Waals surface area contributed by atoms with Crippen molar-refractivity contribution in [1.82, 2.24) is 0 Å². The number of phenolic OH excluding ortho intramolecular Hbond substituents is 1. The maximum Gasteiger partial charge on any atom is 0.372 e. The van der Waals surface area contributed by atoms with Gasteiger partial charge in [0.05, 0.1) is 0 Å². The normalized spacial score (nSPS) is 11.2. The molecule has 0 aliphatic rings. The van der Waals surface area contributed by atoms with E-state index < -0.39 is 17.2 Å². The monoisotopic (exact) mass is 236 g/mol. The summed E-state index contributed by atoms with van der Waals surface area (Å²) in [6.07, 6.45) is 1.06. The summed E-state index contributed by atoms with van der Waals surface area (Å²) in [5.74, 6) is -1.97. The first-order valence-electron chi connectivity index (χ1n) is 5.38. The molecule has 0 heterocycles. The minimum atomic E-state index is -1.39. The number of hydrogen-bond acceptors (Lipinski definition) is 3. The van der Waals surface area contributed by atoms with Crippen molar-refractivity contribution < 1.29 is 19.8 Å². The summed E-state index contributed by atoms with van der Waals surface area (Å²) in [4.78, 5) is 22.0. The fourth-order valence-corrected chi connectivity index (χ4v) is 1.52. The number of carbonyl (C=O) groups is 2. The zero-order valence-electron chi connectivity index (χ0n) is 9.93. The van der Waals surface area contributed by atoms with Crippen LogP contribution in [0.5, 0.6) is 5.75 Å². The Hall–Kier alpha value is -1.84. The number of benzene rings is 1. The van der Waals surface area contributed by atoms with Crippen LogP contribution in [0.15, 0.2) is 24.3 Å². The van der Waals surface area contributed by atoms with Crippen LogP contribution in [0.1, 0.15) is 25.8 Å². The lowest BCUT2D eigenvalue weighted by Crippen LogP contribution is -2.31. The van der Waals surface area contributed by atoms with E-state index in [0.29, 0.717) is 12.8 Å². The molecule has 0 aromatic heterocycles. The summed E-state index contributed by atoms with van der Waals surface area (Å²) in [5, 5.41) is 17.8. The van der Waals surface area contributed by atoms with Crippen LogP contribution in [0.2, 0.25) is 0 Å². The van der Waals surface area contributed by atoms with E-state index in [9.17, 15) is 9.59 Å². The number of aromatic hydroxyl groups is 1. The molecular formula is C13H16O4. The molecule has 4 nitrogen and oxygen atoms in total. The maximum atomic E-state index is 11.4. The Morgan fingerprint density at radius 2 is 1.71 bits per heavy atom. The predicted molar refractivity (Wildman–Crippen MR) is 62.9 cm³/mol. The van der Waals surface area contributed by atoms with Crippen LogP contribution < -0.4 is 0 Å². The van der Waals surface area contributed by atoms with Gasteiger partial charge in [-0.05, 0) is 30.5 Å². The Balaban J connectivity index is 2.64. The summed E-state index contributed by atoms with van der Waals surface area (Å²) in [6, 6.07) is 6.66. The second-order valence-corrected chi connectivity index (χ2v) is 4.68. The molecule has 0 bridgehead atoms. The van der Waals surface area contributed by atoms with E-state index >= 15 is 0 Å². The van der Waals surface area contributed by atoms with Crippen LogP contribution >= 0.6 is 0 Å². The van der Waals surface area contributed by atoms with Gasteiger partial charge in [0.1, 0.15) is 5.75 Å². The number of phenols is 1. The molecular weight excluding hydrogens is 220 g/mol. The molecule has 2 N–H and O–H groups in total. The van der Waals surface area contributed by atoms with E-state index in [-0.39, 0.29) is 5.75 Å². The Kier molecular flexibility index (Phi) is 3.89. The van der Waals surface area contributed by atoms with Gasteiger partial charge in [-0.1, -0.05) is 26.0 Å². The molecule has 0 saturated heterocycles. The average molecular weight is 236 g/mol. The number of rotatable bonds is 5. The van der Waals surface area contributed by atoms with Gasteiger partial charge in [-0.15, -0.1) is 0 Å². The first-order valence-corrected chi connectivity index (χ1v) is 5.38. The van der Waals surface area contributed by atoms with Crippen molar-refractivity contribution in [2.24, 2.45) is 5.41 Å². The van der Waals surface area contributed by atoms with Gasteiger partial charge in [0.25, 0.3) is 0 Å². The van der Waals surface area contributed by atoms with Gasteiger partial charge in [-0.25, -0.2) is 4.79 Å². The van der Waals surface area contributed by atoms with Crippen molar-refractivity contribution in [2.45, 2.75) is 26.7 Å². The van der Waals surface area contributed by atoms with Crippen LogP contribution in [-0.4, -0.2) is 22.0 Å². The van der Waals surface area contributed by atoms with E-state index in [0.717, 1.165) is 5.56 Å². The minimum Gasteiger partial charge on any atom is -0.508 e. The van der Waals surface area contributed by atoms with Crippen molar-refractivity contribution in [3.8, 4) is 5.75 Å². The van der Waals surface area contributed by atoms with E-state index in [2.05, 4.69) is 0 Å². The van der Waals surface area contributed by atoms with Gasteiger partial charge in [0, 0.05) is 5.41 Å². The van der Waals surface area contributed by atoms with Crippen molar-refractivity contribution >= 4 is 11.8 Å². The van der Waals surface area contributed by atoms with Gasteiger partial charge in [-0.3, -0.25) is 4.79 Å². The van der Waals surface area contributed by atoms with Crippen molar-refractivity contribution in [2.75, 3.05) is 0 Å². The molecule has 0 saturated carbocycles. The van der Waals surface area contributed by atoms with Gasteiger partial charge in [0.2, 0.25) is 5.78 Å². The Morgan fingerprint density at radius 3 is 2.18 bits per heavy atom. The molecule has 4 heteroatoms. The molecule has 17 heavy (non-hydrogen) atoms. The molecule has 0 atom stereocenters. The quantitative estimate of drug-likeness (QED) is 0.767. The van der Waals surface area contributed by atoms with Crippen molar-refractivity contribution in [1.29, 1.82) is 0 Å². The van der Waals surface area contributed by atoms with Crippen LogP contribution in [0.4, 0.5) is 0 Å². The number of carbonyl (C=O) groups excluding carboxylic acids is 1. The highest BCUT2D eigenvalue weighted by Crippen LogP contribution is 2.24. The lowest BCUT2D eigenvalue weighted by Gasteiger charge is -2.20. The number of carboxylic acid groups (broad SMARTS) is 1. The highest BCUT2D eigenvalue weighted by molar-refractivity contribution is 6.34. The summed E-state index contributed by atoms with van der Waals surface area (Å²) in [5.41, 5.74) is 0.0954. The highest BCUT2D eigenvalue weighted by Gasteiger charge is 2.32. The van der Waals surface area contributed by atoms with Gasteiger partial charge >= 0.3 is 5.97 Å². The molecule has 92 valence electrons. The first-order chi connectivity index (χ1) is 7.83. The zero-order chi connectivity index (χ0) is 13.1. The second kappa shape index (κ2) is 4.99. The van der Waals surface area contributed by atoms with Gasteiger partial charge < -0.3 is 10.2 Å². The largest absolute Gasteiger partial charge is 0.508 e. The van der Waals surface area contributed by atoms with Crippen LogP contribution in [0.3, 0.4) is 0 Å². The van der Waals surface area contributed by atoms with Crippen LogP contribution in [-0.2, 0) is 16.0 Å². The average Bonchev–Trinajstić information content (AvgIpc) is 2.27. The fraction of sp³-hybridized carbons (Fsp3) is 0.385. The highest BCUT2D eigenvalue weighted by atomic mass is 16.4. The number of Topliss-reactive ketones (excluding diaryl/α,β-unsaturated/α-hetero) is 1. The maximum absolute atomic E-state index is 11.4. The van der Waals surface area contributed by atoms with E-state index in [1.807, 2.05) is 0 Å². The third kappa shape index (κ3) is 3.59. The third-order valence-corrected chi connectivity index (χ3v) is 2.78. The summed E-state index contributed by atoms with van der Waals surface area (Å²) in [6.45, 7) is 3.26. The number of carboxylic acids is 1. The molecule has 0 radical (unpaired) electrons. The van der Waals surface area contributed by atoms with Crippen molar-refractivity contribution in [3.63, 3.8) is 0 Å². The minimum absolute atomic E-state index is 0.189. The summed E-state index contributed by atoms with van der Waals surface area (Å²) >= 11 is 0. The second-order valence-electron chi connectivity index (χ2n) is 4.68. The predicted octanol–water partition coefficient (Wildman–Crippen LogP) is 2.00. The van der Waals surface area contributed by atoms with Crippen molar-refractivity contribution in [3.05, 3.63) is 29.8 Å².